The van der Waals surface area contributed by atoms with E-state index in [0.29, 0.717) is 6.42 Å². The molecule has 1 rings (SSSR count). The number of halogens is 3. The molecule has 0 unspecified atom stereocenters. The summed E-state index contributed by atoms with van der Waals surface area (Å²) in [5.41, 5.74) is -5.26. The molecule has 1 N–H and O–H groups in total. The van der Waals surface area contributed by atoms with Gasteiger partial charge in [-0.05, 0) is 13.0 Å². The molecule has 1 aromatic rings. The molecular formula is C14H15F3N2O3S. The predicted molar refractivity (Wildman–Crippen MR) is 81.3 cm³/mol. The second kappa shape index (κ2) is 7.87. The van der Waals surface area contributed by atoms with Crippen LogP contribution in [0.1, 0.15) is 25.8 Å². The highest BCUT2D eigenvalue weighted by molar-refractivity contribution is 7.93. The molecule has 0 amide bonds. The van der Waals surface area contributed by atoms with E-state index in [-0.39, 0.29) is 23.6 Å². The van der Waals surface area contributed by atoms with Crippen LogP contribution in [0, 0.1) is 11.8 Å². The van der Waals surface area contributed by atoms with E-state index < -0.39 is 15.5 Å². The summed E-state index contributed by atoms with van der Waals surface area (Å²) in [6, 6.07) is 5.57. The first-order valence-electron chi connectivity index (χ1n) is 6.49. The molecule has 0 saturated heterocycles. The Kier molecular flexibility index (Phi) is 6.45. The average Bonchev–Trinajstić information content (AvgIpc) is 2.46. The molecule has 0 heterocycles. The summed E-state index contributed by atoms with van der Waals surface area (Å²) >= 11 is 0. The standard InChI is InChI=1S/C14H15F3N2O3S/c1-3-4-7-10-22-18-11(2)12-8-5-6-9-13(12)19-23(20,21)14(15,16)17/h5-6,8-9,19H,3,10H2,1-2H3. The first-order valence-corrected chi connectivity index (χ1v) is 7.98. The van der Waals surface area contributed by atoms with Gasteiger partial charge in [0.05, 0.1) is 11.4 Å². The zero-order valence-electron chi connectivity index (χ0n) is 12.4. The predicted octanol–water partition coefficient (Wildman–Crippen LogP) is 3.10. The number of hydrogen-bond acceptors (Lipinski definition) is 4. The van der Waals surface area contributed by atoms with Crippen LogP contribution in [-0.2, 0) is 14.9 Å². The molecule has 0 aliphatic heterocycles. The van der Waals surface area contributed by atoms with Gasteiger partial charge in [-0.1, -0.05) is 42.1 Å². The summed E-state index contributed by atoms with van der Waals surface area (Å²) in [5.74, 6) is 5.43. The van der Waals surface area contributed by atoms with Gasteiger partial charge in [0.2, 0.25) is 0 Å². The summed E-state index contributed by atoms with van der Waals surface area (Å²) in [4.78, 5) is 4.92. The van der Waals surface area contributed by atoms with Crippen LogP contribution in [-0.4, -0.2) is 26.2 Å². The molecular weight excluding hydrogens is 333 g/mol. The molecule has 0 radical (unpaired) electrons. The molecule has 0 aliphatic carbocycles. The SMILES string of the molecule is CCC#CCON=C(C)c1ccccc1NS(=O)(=O)C(F)(F)F. The van der Waals surface area contributed by atoms with Gasteiger partial charge in [-0.15, -0.1) is 0 Å². The summed E-state index contributed by atoms with van der Waals surface area (Å²) in [6.07, 6.45) is 0.661. The minimum absolute atomic E-state index is 0.0294. The molecule has 23 heavy (non-hydrogen) atoms. The lowest BCUT2D eigenvalue weighted by atomic mass is 10.1. The van der Waals surface area contributed by atoms with Crippen molar-refractivity contribution in [3.8, 4) is 11.8 Å². The third-order valence-corrected chi connectivity index (χ3v) is 3.60. The molecule has 9 heteroatoms. The van der Waals surface area contributed by atoms with Gasteiger partial charge in [-0.2, -0.15) is 21.6 Å². The van der Waals surface area contributed by atoms with Crippen molar-refractivity contribution in [1.29, 1.82) is 0 Å². The van der Waals surface area contributed by atoms with Gasteiger partial charge in [-0.25, -0.2) is 0 Å². The maximum atomic E-state index is 12.5. The van der Waals surface area contributed by atoms with Crippen molar-refractivity contribution in [3.63, 3.8) is 0 Å². The fourth-order valence-electron chi connectivity index (χ4n) is 1.48. The maximum absolute atomic E-state index is 12.5. The van der Waals surface area contributed by atoms with Crippen LogP contribution in [0.3, 0.4) is 0 Å². The van der Waals surface area contributed by atoms with Crippen molar-refractivity contribution in [1.82, 2.24) is 0 Å². The van der Waals surface area contributed by atoms with E-state index in [2.05, 4.69) is 17.0 Å². The highest BCUT2D eigenvalue weighted by Crippen LogP contribution is 2.27. The average molecular weight is 348 g/mol. The fourth-order valence-corrected chi connectivity index (χ4v) is 2.06. The first kappa shape index (κ1) is 18.8. The summed E-state index contributed by atoms with van der Waals surface area (Å²) in [6.45, 7) is 3.38. The molecule has 0 aromatic heterocycles. The fraction of sp³-hybridized carbons (Fsp3) is 0.357. The number of rotatable bonds is 5. The summed E-state index contributed by atoms with van der Waals surface area (Å²) in [5, 5.41) is 3.72. The maximum Gasteiger partial charge on any atom is 0.516 e. The normalized spacial score (nSPS) is 12.3. The van der Waals surface area contributed by atoms with Crippen LogP contribution in [0.25, 0.3) is 0 Å². The number of nitrogens with one attached hydrogen (secondary N) is 1. The van der Waals surface area contributed by atoms with Crippen molar-refractivity contribution < 1.29 is 26.4 Å². The number of alkyl halides is 3. The molecule has 0 bridgehead atoms. The number of nitrogens with zero attached hydrogens (tertiary/aromatic N) is 1. The number of hydrogen-bond donors (Lipinski definition) is 1. The van der Waals surface area contributed by atoms with Gasteiger partial charge in [0.1, 0.15) is 0 Å². The third-order valence-electron chi connectivity index (χ3n) is 2.51. The number of para-hydroxylation sites is 1. The molecule has 0 fully saturated rings. The van der Waals surface area contributed by atoms with Crippen molar-refractivity contribution in [2.24, 2.45) is 5.16 Å². The van der Waals surface area contributed by atoms with Gasteiger partial charge >= 0.3 is 15.5 Å². The molecule has 0 atom stereocenters. The number of anilines is 1. The van der Waals surface area contributed by atoms with Gasteiger partial charge in [0.15, 0.2) is 6.61 Å². The lowest BCUT2D eigenvalue weighted by Crippen LogP contribution is -2.30. The first-order chi connectivity index (χ1) is 10.7. The quantitative estimate of drug-likeness (QED) is 0.385. The lowest BCUT2D eigenvalue weighted by molar-refractivity contribution is -0.0429. The Morgan fingerprint density at radius 3 is 2.57 bits per heavy atom. The zero-order valence-corrected chi connectivity index (χ0v) is 13.3. The van der Waals surface area contributed by atoms with Crippen LogP contribution < -0.4 is 4.72 Å². The van der Waals surface area contributed by atoms with Gasteiger partial charge < -0.3 is 4.84 Å². The molecule has 126 valence electrons. The second-order valence-electron chi connectivity index (χ2n) is 4.25. The Labute approximate surface area is 132 Å². The summed E-state index contributed by atoms with van der Waals surface area (Å²) in [7, 11) is -5.51. The molecule has 5 nitrogen and oxygen atoms in total. The number of benzene rings is 1. The Morgan fingerprint density at radius 2 is 1.96 bits per heavy atom. The van der Waals surface area contributed by atoms with E-state index in [4.69, 9.17) is 4.84 Å². The van der Waals surface area contributed by atoms with Gasteiger partial charge in [0.25, 0.3) is 0 Å². The highest BCUT2D eigenvalue weighted by atomic mass is 32.2. The van der Waals surface area contributed by atoms with E-state index in [1.165, 1.54) is 35.9 Å². The van der Waals surface area contributed by atoms with Crippen molar-refractivity contribution in [3.05, 3.63) is 29.8 Å². The van der Waals surface area contributed by atoms with E-state index in [9.17, 15) is 21.6 Å². The molecule has 0 saturated carbocycles. The minimum atomic E-state index is -5.51. The van der Waals surface area contributed by atoms with Crippen molar-refractivity contribution in [2.75, 3.05) is 11.3 Å². The topological polar surface area (TPSA) is 67.8 Å². The van der Waals surface area contributed by atoms with Gasteiger partial charge in [0, 0.05) is 12.0 Å². The largest absolute Gasteiger partial charge is 0.516 e. The Hall–Kier alpha value is -2.21. The van der Waals surface area contributed by atoms with Crippen molar-refractivity contribution in [2.45, 2.75) is 25.8 Å². The smallest absolute Gasteiger partial charge is 0.382 e. The Morgan fingerprint density at radius 1 is 1.30 bits per heavy atom. The zero-order chi connectivity index (χ0) is 17.5. The monoisotopic (exact) mass is 348 g/mol. The molecule has 0 spiro atoms. The lowest BCUT2D eigenvalue weighted by Gasteiger charge is -2.13. The highest BCUT2D eigenvalue weighted by Gasteiger charge is 2.46. The minimum Gasteiger partial charge on any atom is -0.382 e. The second-order valence-corrected chi connectivity index (χ2v) is 5.93. The van der Waals surface area contributed by atoms with E-state index in [1.54, 1.807) is 0 Å². The van der Waals surface area contributed by atoms with Crippen LogP contribution in [0.15, 0.2) is 29.4 Å². The van der Waals surface area contributed by atoms with Crippen LogP contribution >= 0.6 is 0 Å². The molecule has 0 aliphatic rings. The van der Waals surface area contributed by atoms with E-state index in [0.717, 1.165) is 0 Å². The third kappa shape index (κ3) is 5.49. The Bertz CT molecular complexity index is 732. The Balaban J connectivity index is 3.00. The summed E-state index contributed by atoms with van der Waals surface area (Å²) < 4.78 is 61.3. The van der Waals surface area contributed by atoms with Gasteiger partial charge in [-0.3, -0.25) is 4.72 Å². The van der Waals surface area contributed by atoms with Crippen molar-refractivity contribution >= 4 is 21.4 Å². The number of sulfonamides is 1. The van der Waals surface area contributed by atoms with E-state index in [1.807, 2.05) is 6.92 Å². The van der Waals surface area contributed by atoms with E-state index >= 15 is 0 Å². The van der Waals surface area contributed by atoms with Crippen LogP contribution in [0.4, 0.5) is 18.9 Å². The van der Waals surface area contributed by atoms with Crippen LogP contribution in [0.5, 0.6) is 0 Å². The molecule has 1 aromatic carbocycles. The van der Waals surface area contributed by atoms with Crippen LogP contribution in [0.2, 0.25) is 0 Å². The number of oxime groups is 1.